The highest BCUT2D eigenvalue weighted by Gasteiger charge is 2.76. The molecule has 28 heavy (non-hydrogen) atoms. The van der Waals surface area contributed by atoms with Gasteiger partial charge in [0.2, 0.25) is 5.91 Å². The number of para-hydroxylation sites is 1. The van der Waals surface area contributed by atoms with Crippen LogP contribution in [0.15, 0.2) is 60.7 Å². The van der Waals surface area contributed by atoms with Gasteiger partial charge in [-0.25, -0.2) is 4.79 Å². The van der Waals surface area contributed by atoms with Crippen LogP contribution in [0.2, 0.25) is 0 Å². The molecule has 4 atom stereocenters. The lowest BCUT2D eigenvalue weighted by Crippen LogP contribution is -2.74. The van der Waals surface area contributed by atoms with E-state index in [0.717, 1.165) is 11.3 Å². The van der Waals surface area contributed by atoms with Crippen LogP contribution >= 0.6 is 0 Å². The van der Waals surface area contributed by atoms with Crippen LogP contribution in [0, 0.1) is 0 Å². The Morgan fingerprint density at radius 3 is 2.71 bits per heavy atom. The average molecular weight is 371 g/mol. The maximum Gasteiger partial charge on any atom is 0.334 e. The first kappa shape index (κ1) is 16.1. The zero-order chi connectivity index (χ0) is 19.1. The SMILES string of the molecule is CCOC(=O)[C@@]12[C@H]3c4ccccc4N1C(=O)CC[C@]21C=CC3c2ccccc21. The number of hydrogen-bond donors (Lipinski definition) is 0. The molecule has 2 aromatic carbocycles. The lowest BCUT2D eigenvalue weighted by molar-refractivity contribution is -0.157. The van der Waals surface area contributed by atoms with Gasteiger partial charge in [-0.1, -0.05) is 54.6 Å². The van der Waals surface area contributed by atoms with E-state index in [1.54, 1.807) is 4.90 Å². The second-order valence-corrected chi connectivity index (χ2v) is 8.20. The molecule has 3 aliphatic carbocycles. The molecule has 4 heteroatoms. The Kier molecular flexibility index (Phi) is 2.95. The van der Waals surface area contributed by atoms with E-state index in [2.05, 4.69) is 36.4 Å². The smallest absolute Gasteiger partial charge is 0.334 e. The highest BCUT2D eigenvalue weighted by Crippen LogP contribution is 2.70. The molecule has 2 aromatic rings. The number of anilines is 1. The summed E-state index contributed by atoms with van der Waals surface area (Å²) < 4.78 is 5.70. The van der Waals surface area contributed by atoms with Crippen LogP contribution in [-0.2, 0) is 19.7 Å². The van der Waals surface area contributed by atoms with Gasteiger partial charge in [-0.05, 0) is 36.1 Å². The fourth-order valence-corrected chi connectivity index (χ4v) is 6.51. The molecule has 1 saturated heterocycles. The molecule has 4 nitrogen and oxygen atoms in total. The third kappa shape index (κ3) is 1.49. The Morgan fingerprint density at radius 2 is 1.89 bits per heavy atom. The number of rotatable bonds is 2. The molecule has 0 aromatic heterocycles. The third-order valence-corrected chi connectivity index (χ3v) is 7.31. The summed E-state index contributed by atoms with van der Waals surface area (Å²) in [5.41, 5.74) is 2.83. The van der Waals surface area contributed by atoms with Crippen molar-refractivity contribution in [2.24, 2.45) is 0 Å². The van der Waals surface area contributed by atoms with Crippen LogP contribution in [-0.4, -0.2) is 24.0 Å². The minimum Gasteiger partial charge on any atom is -0.464 e. The lowest BCUT2D eigenvalue weighted by Gasteiger charge is -2.62. The third-order valence-electron chi connectivity index (χ3n) is 7.31. The predicted molar refractivity (Wildman–Crippen MR) is 105 cm³/mol. The van der Waals surface area contributed by atoms with Crippen molar-refractivity contribution in [3.8, 4) is 0 Å². The maximum atomic E-state index is 13.8. The summed E-state index contributed by atoms with van der Waals surface area (Å²) in [7, 11) is 0. The fourth-order valence-electron chi connectivity index (χ4n) is 6.51. The molecule has 1 unspecified atom stereocenters. The van der Waals surface area contributed by atoms with Gasteiger partial charge in [-0.3, -0.25) is 9.69 Å². The molecule has 0 saturated carbocycles. The number of nitrogens with zero attached hydrogens (tertiary/aromatic N) is 1. The second kappa shape index (κ2) is 5.13. The monoisotopic (exact) mass is 371 g/mol. The standard InChI is InChI=1S/C24H21NO3/c1-2-28-22(27)24-21-16-11-13-23(24,18-9-5-3-7-15(16)18)14-12-20(26)25(24)19-10-6-4-8-17(19)21/h3-11,13,16,21H,2,12,14H2,1H3/t16?,21-,23+,24-/m1/s1. The summed E-state index contributed by atoms with van der Waals surface area (Å²) in [6, 6.07) is 16.5. The van der Waals surface area contributed by atoms with Gasteiger partial charge in [0.15, 0.2) is 5.54 Å². The van der Waals surface area contributed by atoms with Gasteiger partial charge in [0, 0.05) is 29.4 Å². The van der Waals surface area contributed by atoms with E-state index in [-0.39, 0.29) is 23.7 Å². The highest BCUT2D eigenvalue weighted by molar-refractivity contribution is 6.10. The zero-order valence-corrected chi connectivity index (χ0v) is 15.7. The normalized spacial score (nSPS) is 33.3. The van der Waals surface area contributed by atoms with Gasteiger partial charge >= 0.3 is 5.97 Å². The molecular formula is C24H21NO3. The van der Waals surface area contributed by atoms with Crippen molar-refractivity contribution in [2.45, 2.75) is 42.6 Å². The summed E-state index contributed by atoms with van der Waals surface area (Å²) >= 11 is 0. The molecule has 1 spiro atoms. The number of amides is 1. The summed E-state index contributed by atoms with van der Waals surface area (Å²) in [5.74, 6) is -0.313. The van der Waals surface area contributed by atoms with Gasteiger partial charge < -0.3 is 4.74 Å². The number of ether oxygens (including phenoxy) is 1. The van der Waals surface area contributed by atoms with Crippen molar-refractivity contribution in [3.63, 3.8) is 0 Å². The zero-order valence-electron chi connectivity index (χ0n) is 15.7. The summed E-state index contributed by atoms with van der Waals surface area (Å²) in [4.78, 5) is 28.8. The van der Waals surface area contributed by atoms with Gasteiger partial charge in [-0.2, -0.15) is 0 Å². The van der Waals surface area contributed by atoms with Crippen LogP contribution < -0.4 is 4.90 Å². The van der Waals surface area contributed by atoms with Gasteiger partial charge in [-0.15, -0.1) is 0 Å². The largest absolute Gasteiger partial charge is 0.464 e. The second-order valence-electron chi connectivity index (χ2n) is 8.20. The van der Waals surface area contributed by atoms with E-state index in [9.17, 15) is 9.59 Å². The number of allylic oxidation sites excluding steroid dienone is 1. The number of benzene rings is 2. The molecule has 2 aliphatic heterocycles. The van der Waals surface area contributed by atoms with Gasteiger partial charge in [0.25, 0.3) is 0 Å². The molecule has 1 amide bonds. The molecule has 140 valence electrons. The summed E-state index contributed by atoms with van der Waals surface area (Å²) in [6.45, 7) is 2.14. The van der Waals surface area contributed by atoms with Gasteiger partial charge in [0.1, 0.15) is 0 Å². The maximum absolute atomic E-state index is 13.8. The number of fused-ring (bicyclic) bond motifs is 2. The molecule has 7 rings (SSSR count). The minimum absolute atomic E-state index is 0.0204. The molecule has 0 radical (unpaired) electrons. The quantitative estimate of drug-likeness (QED) is 0.596. The number of carbonyl (C=O) groups excluding carboxylic acids is 2. The molecular weight excluding hydrogens is 350 g/mol. The van der Waals surface area contributed by atoms with Crippen LogP contribution in [0.5, 0.6) is 0 Å². The van der Waals surface area contributed by atoms with E-state index in [0.29, 0.717) is 19.4 Å². The highest BCUT2D eigenvalue weighted by atomic mass is 16.5. The average Bonchev–Trinajstić information content (AvgIpc) is 3.06. The van der Waals surface area contributed by atoms with Crippen molar-refractivity contribution in [1.29, 1.82) is 0 Å². The Balaban J connectivity index is 1.77. The number of esters is 1. The van der Waals surface area contributed by atoms with E-state index < -0.39 is 11.0 Å². The fraction of sp³-hybridized carbons (Fsp3) is 0.333. The molecule has 0 N–H and O–H groups in total. The van der Waals surface area contributed by atoms with Crippen molar-refractivity contribution >= 4 is 17.6 Å². The van der Waals surface area contributed by atoms with Crippen LogP contribution in [0.3, 0.4) is 0 Å². The van der Waals surface area contributed by atoms with Crippen molar-refractivity contribution in [2.75, 3.05) is 11.5 Å². The molecule has 1 fully saturated rings. The Labute approximate surface area is 163 Å². The Bertz CT molecular complexity index is 1070. The Hall–Kier alpha value is -2.88. The van der Waals surface area contributed by atoms with Crippen molar-refractivity contribution in [3.05, 3.63) is 77.4 Å². The number of piperidine rings is 1. The van der Waals surface area contributed by atoms with E-state index in [4.69, 9.17) is 4.74 Å². The molecule has 5 aliphatic rings. The molecule has 2 bridgehead atoms. The van der Waals surface area contributed by atoms with Crippen molar-refractivity contribution < 1.29 is 14.3 Å². The van der Waals surface area contributed by atoms with Crippen LogP contribution in [0.25, 0.3) is 0 Å². The Morgan fingerprint density at radius 1 is 1.14 bits per heavy atom. The topological polar surface area (TPSA) is 46.6 Å². The minimum atomic E-state index is -1.03. The predicted octanol–water partition coefficient (Wildman–Crippen LogP) is 3.82. The van der Waals surface area contributed by atoms with Gasteiger partial charge in [0.05, 0.1) is 6.61 Å². The molecule has 2 heterocycles. The number of hydrogen-bond acceptors (Lipinski definition) is 3. The first-order chi connectivity index (χ1) is 13.7. The summed E-state index contributed by atoms with van der Waals surface area (Å²) in [6.07, 6.45) is 5.52. The first-order valence-corrected chi connectivity index (χ1v) is 10.0. The van der Waals surface area contributed by atoms with E-state index in [1.807, 2.05) is 31.2 Å². The number of carbonyl (C=O) groups is 2. The van der Waals surface area contributed by atoms with E-state index >= 15 is 0 Å². The van der Waals surface area contributed by atoms with Crippen LogP contribution in [0.4, 0.5) is 5.69 Å². The summed E-state index contributed by atoms with van der Waals surface area (Å²) in [5, 5.41) is 0. The van der Waals surface area contributed by atoms with Crippen molar-refractivity contribution in [1.82, 2.24) is 0 Å². The van der Waals surface area contributed by atoms with Crippen LogP contribution in [0.1, 0.15) is 48.3 Å². The van der Waals surface area contributed by atoms with E-state index in [1.165, 1.54) is 11.1 Å². The lowest BCUT2D eigenvalue weighted by atomic mass is 9.45. The first-order valence-electron chi connectivity index (χ1n) is 10.0.